The molecule has 1 aromatic carbocycles. The lowest BCUT2D eigenvalue weighted by molar-refractivity contribution is 0.327. The van der Waals surface area contributed by atoms with Crippen LogP contribution in [0.4, 0.5) is 0 Å². The number of likely N-dealkylation sites (tertiary alicyclic amines) is 1. The van der Waals surface area contributed by atoms with Crippen LogP contribution in [0.5, 0.6) is 0 Å². The molecule has 2 nitrogen and oxygen atoms in total. The summed E-state index contributed by atoms with van der Waals surface area (Å²) in [5, 5.41) is 2.59. The minimum atomic E-state index is 1.01. The molecule has 1 fully saturated rings. The third-order valence-electron chi connectivity index (χ3n) is 3.57. The van der Waals surface area contributed by atoms with Crippen LogP contribution in [0.25, 0.3) is 10.8 Å². The second-order valence-electron chi connectivity index (χ2n) is 4.90. The maximum atomic E-state index is 4.72. The molecule has 88 valence electrons. The number of nitrogens with zero attached hydrogens (tertiary/aromatic N) is 2. The number of aromatic nitrogens is 1. The van der Waals surface area contributed by atoms with Crippen molar-refractivity contribution in [1.82, 2.24) is 9.88 Å². The summed E-state index contributed by atoms with van der Waals surface area (Å²) in [6.07, 6.45) is 2.68. The van der Waals surface area contributed by atoms with Gasteiger partial charge in [-0.3, -0.25) is 9.88 Å². The molecule has 1 saturated heterocycles. The van der Waals surface area contributed by atoms with Gasteiger partial charge in [0.15, 0.2) is 0 Å². The Labute approximate surface area is 102 Å². The van der Waals surface area contributed by atoms with Crippen molar-refractivity contribution in [2.45, 2.75) is 26.3 Å². The topological polar surface area (TPSA) is 16.1 Å². The van der Waals surface area contributed by atoms with E-state index in [1.807, 2.05) is 0 Å². The largest absolute Gasteiger partial charge is 0.298 e. The van der Waals surface area contributed by atoms with Gasteiger partial charge in [-0.15, -0.1) is 0 Å². The lowest BCUT2D eigenvalue weighted by Gasteiger charge is -2.15. The fraction of sp³-hybridized carbons (Fsp3) is 0.400. The van der Waals surface area contributed by atoms with Crippen LogP contribution in [0, 0.1) is 6.92 Å². The highest BCUT2D eigenvalue weighted by atomic mass is 15.1. The summed E-state index contributed by atoms with van der Waals surface area (Å²) in [5.74, 6) is 0. The molecule has 0 N–H and O–H groups in total. The maximum Gasteiger partial charge on any atom is 0.0553 e. The van der Waals surface area contributed by atoms with E-state index in [1.54, 1.807) is 0 Å². The van der Waals surface area contributed by atoms with E-state index in [0.29, 0.717) is 0 Å². The van der Waals surface area contributed by atoms with Crippen molar-refractivity contribution in [1.29, 1.82) is 0 Å². The summed E-state index contributed by atoms with van der Waals surface area (Å²) in [6.45, 7) is 5.57. The van der Waals surface area contributed by atoms with Gasteiger partial charge in [0.1, 0.15) is 0 Å². The molecule has 2 aromatic rings. The van der Waals surface area contributed by atoms with Crippen LogP contribution in [0.3, 0.4) is 0 Å². The van der Waals surface area contributed by atoms with E-state index in [0.717, 1.165) is 12.2 Å². The normalized spacial score (nSPS) is 16.8. The fourth-order valence-corrected chi connectivity index (χ4v) is 2.69. The van der Waals surface area contributed by atoms with Gasteiger partial charge in [0.25, 0.3) is 0 Å². The summed E-state index contributed by atoms with van der Waals surface area (Å²) in [7, 11) is 0. The zero-order valence-electron chi connectivity index (χ0n) is 10.3. The Morgan fingerprint density at radius 2 is 1.94 bits per heavy atom. The van der Waals surface area contributed by atoms with Gasteiger partial charge in [-0.05, 0) is 44.3 Å². The Morgan fingerprint density at radius 1 is 1.18 bits per heavy atom. The first kappa shape index (κ1) is 10.7. The van der Waals surface area contributed by atoms with Crippen molar-refractivity contribution >= 4 is 10.8 Å². The summed E-state index contributed by atoms with van der Waals surface area (Å²) in [5.41, 5.74) is 2.36. The molecule has 1 aliphatic heterocycles. The van der Waals surface area contributed by atoms with Crippen LogP contribution in [0.2, 0.25) is 0 Å². The van der Waals surface area contributed by atoms with E-state index in [-0.39, 0.29) is 0 Å². The van der Waals surface area contributed by atoms with E-state index in [1.165, 1.54) is 42.4 Å². The van der Waals surface area contributed by atoms with Crippen LogP contribution in [-0.4, -0.2) is 23.0 Å². The van der Waals surface area contributed by atoms with Gasteiger partial charge in [-0.2, -0.15) is 0 Å². The molecule has 0 aliphatic carbocycles. The fourth-order valence-electron chi connectivity index (χ4n) is 2.69. The summed E-state index contributed by atoms with van der Waals surface area (Å²) >= 11 is 0. The molecule has 1 aliphatic rings. The van der Waals surface area contributed by atoms with Crippen LogP contribution in [0.1, 0.15) is 24.2 Å². The molecular formula is C15H18N2. The molecule has 2 heteroatoms. The van der Waals surface area contributed by atoms with Gasteiger partial charge in [-0.25, -0.2) is 0 Å². The van der Waals surface area contributed by atoms with Crippen molar-refractivity contribution in [3.05, 3.63) is 41.7 Å². The molecule has 3 rings (SSSR count). The van der Waals surface area contributed by atoms with Crippen molar-refractivity contribution in [3.63, 3.8) is 0 Å². The quantitative estimate of drug-likeness (QED) is 0.782. The molecule has 0 bridgehead atoms. The van der Waals surface area contributed by atoms with Crippen molar-refractivity contribution in [3.8, 4) is 0 Å². The molecule has 0 radical (unpaired) electrons. The van der Waals surface area contributed by atoms with E-state index in [4.69, 9.17) is 4.98 Å². The van der Waals surface area contributed by atoms with Crippen LogP contribution >= 0.6 is 0 Å². The van der Waals surface area contributed by atoms with Crippen LogP contribution < -0.4 is 0 Å². The third-order valence-corrected chi connectivity index (χ3v) is 3.57. The number of aryl methyl sites for hydroxylation is 1. The molecule has 17 heavy (non-hydrogen) atoms. The summed E-state index contributed by atoms with van der Waals surface area (Å²) < 4.78 is 0. The van der Waals surface area contributed by atoms with Crippen molar-refractivity contribution in [2.24, 2.45) is 0 Å². The molecule has 0 saturated carbocycles. The molecule has 0 unspecified atom stereocenters. The zero-order valence-corrected chi connectivity index (χ0v) is 10.3. The third kappa shape index (κ3) is 2.18. The van der Waals surface area contributed by atoms with Crippen molar-refractivity contribution in [2.75, 3.05) is 13.1 Å². The summed E-state index contributed by atoms with van der Waals surface area (Å²) in [4.78, 5) is 7.22. The number of hydrogen-bond acceptors (Lipinski definition) is 2. The lowest BCUT2D eigenvalue weighted by Crippen LogP contribution is -2.19. The van der Waals surface area contributed by atoms with Crippen molar-refractivity contribution < 1.29 is 0 Å². The van der Waals surface area contributed by atoms with E-state index in [9.17, 15) is 0 Å². The Kier molecular flexibility index (Phi) is 2.81. The highest BCUT2D eigenvalue weighted by molar-refractivity contribution is 5.84. The molecule has 0 spiro atoms. The number of pyridine rings is 1. The minimum absolute atomic E-state index is 1.01. The van der Waals surface area contributed by atoms with Crippen LogP contribution in [-0.2, 0) is 6.54 Å². The standard InChI is InChI=1S/C15H18N2/c1-12-15-7-3-2-6-13(15)10-14(16-12)11-17-8-4-5-9-17/h2-3,6-7,10H,4-5,8-9,11H2,1H3. The Hall–Kier alpha value is -1.41. The predicted octanol–water partition coefficient (Wildman–Crippen LogP) is 3.14. The number of benzene rings is 1. The SMILES string of the molecule is Cc1nc(CN2CCCC2)cc2ccccc12. The second kappa shape index (κ2) is 4.46. The zero-order chi connectivity index (χ0) is 11.7. The lowest BCUT2D eigenvalue weighted by atomic mass is 10.1. The van der Waals surface area contributed by atoms with Gasteiger partial charge in [-0.1, -0.05) is 24.3 Å². The van der Waals surface area contributed by atoms with Gasteiger partial charge >= 0.3 is 0 Å². The molecule has 0 amide bonds. The second-order valence-corrected chi connectivity index (χ2v) is 4.90. The molecule has 0 atom stereocenters. The Morgan fingerprint density at radius 3 is 2.76 bits per heavy atom. The Bertz CT molecular complexity index is 527. The first-order valence-corrected chi connectivity index (χ1v) is 6.40. The van der Waals surface area contributed by atoms with Gasteiger partial charge in [0.2, 0.25) is 0 Å². The first-order valence-electron chi connectivity index (χ1n) is 6.40. The van der Waals surface area contributed by atoms with Crippen LogP contribution in [0.15, 0.2) is 30.3 Å². The maximum absolute atomic E-state index is 4.72. The summed E-state index contributed by atoms with van der Waals surface area (Å²) in [6, 6.07) is 10.7. The van der Waals surface area contributed by atoms with E-state index >= 15 is 0 Å². The first-order chi connectivity index (χ1) is 8.33. The molecule has 1 aromatic heterocycles. The average Bonchev–Trinajstić information content (AvgIpc) is 2.82. The highest BCUT2D eigenvalue weighted by Gasteiger charge is 2.13. The molecule has 2 heterocycles. The predicted molar refractivity (Wildman–Crippen MR) is 71.0 cm³/mol. The highest BCUT2D eigenvalue weighted by Crippen LogP contribution is 2.19. The number of hydrogen-bond donors (Lipinski definition) is 0. The molecular weight excluding hydrogens is 208 g/mol. The number of rotatable bonds is 2. The van der Waals surface area contributed by atoms with E-state index < -0.39 is 0 Å². The minimum Gasteiger partial charge on any atom is -0.298 e. The van der Waals surface area contributed by atoms with Gasteiger partial charge < -0.3 is 0 Å². The van der Waals surface area contributed by atoms with Gasteiger partial charge in [0.05, 0.1) is 5.69 Å². The van der Waals surface area contributed by atoms with E-state index in [2.05, 4.69) is 42.2 Å². The monoisotopic (exact) mass is 226 g/mol. The average molecular weight is 226 g/mol. The Balaban J connectivity index is 1.94. The smallest absolute Gasteiger partial charge is 0.0553 e. The number of fused-ring (bicyclic) bond motifs is 1. The van der Waals surface area contributed by atoms with Gasteiger partial charge in [0, 0.05) is 17.6 Å².